The Morgan fingerprint density at radius 2 is 1.85 bits per heavy atom. The van der Waals surface area contributed by atoms with Crippen molar-refractivity contribution in [2.24, 2.45) is 5.92 Å². The van der Waals surface area contributed by atoms with E-state index in [9.17, 15) is 13.2 Å². The molecule has 0 unspecified atom stereocenters. The van der Waals surface area contributed by atoms with Crippen molar-refractivity contribution in [2.75, 3.05) is 16.2 Å². The molecule has 1 N–H and O–H groups in total. The molecule has 2 aromatic rings. The molecule has 0 saturated heterocycles. The Kier molecular flexibility index (Phi) is 5.29. The molecule has 0 radical (unpaired) electrons. The number of hydrogen-bond acceptors (Lipinski definition) is 3. The molecule has 144 valence electrons. The molecule has 0 aromatic heterocycles. The average Bonchev–Trinajstić information content (AvgIpc) is 2.61. The van der Waals surface area contributed by atoms with Gasteiger partial charge >= 0.3 is 0 Å². The first-order chi connectivity index (χ1) is 12.7. The van der Waals surface area contributed by atoms with Crippen molar-refractivity contribution >= 4 is 27.3 Å². The highest BCUT2D eigenvalue weighted by molar-refractivity contribution is 7.92. The molecule has 0 saturated carbocycles. The van der Waals surface area contributed by atoms with E-state index >= 15 is 0 Å². The second kappa shape index (κ2) is 7.35. The molecule has 5 nitrogen and oxygen atoms in total. The molecule has 27 heavy (non-hydrogen) atoms. The van der Waals surface area contributed by atoms with Crippen LogP contribution in [0.15, 0.2) is 41.3 Å². The number of hydrogen-bond donors (Lipinski definition) is 1. The maximum Gasteiger partial charge on any atom is 0.262 e. The molecule has 0 bridgehead atoms. The van der Waals surface area contributed by atoms with Crippen molar-refractivity contribution in [3.8, 4) is 0 Å². The summed E-state index contributed by atoms with van der Waals surface area (Å²) < 4.78 is 28.3. The van der Waals surface area contributed by atoms with Gasteiger partial charge in [-0.15, -0.1) is 0 Å². The van der Waals surface area contributed by atoms with Gasteiger partial charge < -0.3 is 4.90 Å². The number of nitrogens with zero attached hydrogens (tertiary/aromatic N) is 1. The van der Waals surface area contributed by atoms with Gasteiger partial charge in [0.1, 0.15) is 0 Å². The van der Waals surface area contributed by atoms with Gasteiger partial charge in [-0.1, -0.05) is 26.0 Å². The van der Waals surface area contributed by atoms with E-state index in [1.165, 1.54) is 0 Å². The normalized spacial score (nSPS) is 14.2. The fourth-order valence-corrected chi connectivity index (χ4v) is 4.79. The molecule has 6 heteroatoms. The summed E-state index contributed by atoms with van der Waals surface area (Å²) in [5.74, 6) is 0.0260. The zero-order chi connectivity index (χ0) is 19.8. The quantitative estimate of drug-likeness (QED) is 0.862. The van der Waals surface area contributed by atoms with E-state index in [1.54, 1.807) is 19.1 Å². The monoisotopic (exact) mass is 386 g/mol. The van der Waals surface area contributed by atoms with Gasteiger partial charge in [0.2, 0.25) is 5.91 Å². The molecular formula is C21H26N2O3S. The van der Waals surface area contributed by atoms with Crippen LogP contribution < -0.4 is 9.62 Å². The number of carbonyl (C=O) groups is 1. The number of rotatable bonds is 4. The molecule has 0 spiro atoms. The number of amides is 1. The van der Waals surface area contributed by atoms with Gasteiger partial charge in [-0.05, 0) is 67.6 Å². The zero-order valence-electron chi connectivity index (χ0n) is 16.2. The number of fused-ring (bicyclic) bond motifs is 1. The van der Waals surface area contributed by atoms with Crippen LogP contribution in [0.4, 0.5) is 11.4 Å². The fourth-order valence-electron chi connectivity index (χ4n) is 3.41. The van der Waals surface area contributed by atoms with E-state index in [-0.39, 0.29) is 16.7 Å². The van der Waals surface area contributed by atoms with Crippen molar-refractivity contribution < 1.29 is 13.2 Å². The lowest BCUT2D eigenvalue weighted by Crippen LogP contribution is -2.38. The molecule has 2 aromatic carbocycles. The lowest BCUT2D eigenvalue weighted by atomic mass is 9.99. The molecule has 1 aliphatic heterocycles. The summed E-state index contributed by atoms with van der Waals surface area (Å²) in [5.41, 5.74) is 4.01. The van der Waals surface area contributed by atoms with Gasteiger partial charge in [0.15, 0.2) is 0 Å². The van der Waals surface area contributed by atoms with Gasteiger partial charge in [0.25, 0.3) is 10.0 Å². The van der Waals surface area contributed by atoms with E-state index in [1.807, 2.05) is 49.9 Å². The predicted octanol–water partition coefficient (Wildman–Crippen LogP) is 4.04. The maximum absolute atomic E-state index is 12.8. The second-order valence-corrected chi connectivity index (χ2v) is 9.12. The number of benzene rings is 2. The minimum Gasteiger partial charge on any atom is -0.312 e. The number of anilines is 2. The van der Waals surface area contributed by atoms with E-state index in [0.717, 1.165) is 29.7 Å². The Balaban J connectivity index is 1.91. The van der Waals surface area contributed by atoms with Crippen molar-refractivity contribution in [2.45, 2.75) is 45.4 Å². The Bertz CT molecular complexity index is 981. The molecule has 1 amide bonds. The number of aryl methyl sites for hydroxylation is 3. The van der Waals surface area contributed by atoms with Crippen LogP contribution in [0.3, 0.4) is 0 Å². The Morgan fingerprint density at radius 1 is 1.11 bits per heavy atom. The number of nitrogens with one attached hydrogen (secondary N) is 1. The molecule has 0 atom stereocenters. The smallest absolute Gasteiger partial charge is 0.262 e. The van der Waals surface area contributed by atoms with Crippen LogP contribution in [-0.2, 0) is 21.2 Å². The van der Waals surface area contributed by atoms with Crippen molar-refractivity contribution in [3.05, 3.63) is 53.1 Å². The largest absolute Gasteiger partial charge is 0.312 e. The first kappa shape index (κ1) is 19.4. The third-order valence-corrected chi connectivity index (χ3v) is 6.37. The highest BCUT2D eigenvalue weighted by atomic mass is 32.2. The van der Waals surface area contributed by atoms with E-state index in [0.29, 0.717) is 17.8 Å². The third kappa shape index (κ3) is 4.00. The Morgan fingerprint density at radius 3 is 2.56 bits per heavy atom. The van der Waals surface area contributed by atoms with Crippen LogP contribution in [0, 0.1) is 19.8 Å². The van der Waals surface area contributed by atoms with E-state index in [4.69, 9.17) is 0 Å². The SMILES string of the molecule is Cc1ccc(C)c(S(=O)(=O)Nc2ccc3c(c2)CCCN3C(=O)C(C)C)c1. The maximum atomic E-state index is 12.8. The standard InChI is InChI=1S/C21H26N2O3S/c1-14(2)21(24)23-11-5-6-17-13-18(9-10-19(17)23)22-27(25,26)20-12-15(3)7-8-16(20)4/h7-10,12-14,22H,5-6,11H2,1-4H3. The molecule has 1 heterocycles. The third-order valence-electron chi connectivity index (χ3n) is 4.84. The van der Waals surface area contributed by atoms with Crippen LogP contribution in [-0.4, -0.2) is 20.9 Å². The van der Waals surface area contributed by atoms with Crippen LogP contribution in [0.2, 0.25) is 0 Å². The van der Waals surface area contributed by atoms with E-state index in [2.05, 4.69) is 4.72 Å². The summed E-state index contributed by atoms with van der Waals surface area (Å²) in [5, 5.41) is 0. The molecule has 0 fully saturated rings. The minimum absolute atomic E-state index is 0.0709. The van der Waals surface area contributed by atoms with Crippen LogP contribution in [0.1, 0.15) is 37.0 Å². The summed E-state index contributed by atoms with van der Waals surface area (Å²) in [6, 6.07) is 10.8. The first-order valence-corrected chi connectivity index (χ1v) is 10.7. The molecular weight excluding hydrogens is 360 g/mol. The van der Waals surface area contributed by atoms with Gasteiger partial charge in [0.05, 0.1) is 4.90 Å². The summed E-state index contributed by atoms with van der Waals surface area (Å²) in [6.07, 6.45) is 1.70. The minimum atomic E-state index is -3.67. The van der Waals surface area contributed by atoms with Crippen LogP contribution in [0.5, 0.6) is 0 Å². The topological polar surface area (TPSA) is 66.5 Å². The van der Waals surface area contributed by atoms with Crippen LogP contribution in [0.25, 0.3) is 0 Å². The zero-order valence-corrected chi connectivity index (χ0v) is 17.1. The van der Waals surface area contributed by atoms with Crippen molar-refractivity contribution in [1.82, 2.24) is 0 Å². The van der Waals surface area contributed by atoms with Gasteiger partial charge in [0, 0.05) is 23.8 Å². The molecule has 1 aliphatic rings. The van der Waals surface area contributed by atoms with Crippen LogP contribution >= 0.6 is 0 Å². The summed E-state index contributed by atoms with van der Waals surface area (Å²) in [6.45, 7) is 8.15. The Labute approximate surface area is 161 Å². The highest BCUT2D eigenvalue weighted by Crippen LogP contribution is 2.31. The second-order valence-electron chi connectivity index (χ2n) is 7.47. The molecule has 3 rings (SSSR count). The van der Waals surface area contributed by atoms with Gasteiger partial charge in [-0.3, -0.25) is 9.52 Å². The summed E-state index contributed by atoms with van der Waals surface area (Å²) in [4.78, 5) is 14.5. The van der Waals surface area contributed by atoms with Crippen molar-refractivity contribution in [3.63, 3.8) is 0 Å². The fraction of sp³-hybridized carbons (Fsp3) is 0.381. The summed E-state index contributed by atoms with van der Waals surface area (Å²) in [7, 11) is -3.67. The first-order valence-electron chi connectivity index (χ1n) is 9.23. The number of carbonyl (C=O) groups excluding carboxylic acids is 1. The average molecular weight is 387 g/mol. The van der Waals surface area contributed by atoms with Gasteiger partial charge in [-0.2, -0.15) is 0 Å². The summed E-state index contributed by atoms with van der Waals surface area (Å²) >= 11 is 0. The van der Waals surface area contributed by atoms with Crippen molar-refractivity contribution in [1.29, 1.82) is 0 Å². The van der Waals surface area contributed by atoms with Gasteiger partial charge in [-0.25, -0.2) is 8.42 Å². The number of sulfonamides is 1. The predicted molar refractivity (Wildman–Crippen MR) is 109 cm³/mol. The highest BCUT2D eigenvalue weighted by Gasteiger charge is 2.25. The lowest BCUT2D eigenvalue weighted by Gasteiger charge is -2.31. The lowest BCUT2D eigenvalue weighted by molar-refractivity contribution is -0.121. The molecule has 0 aliphatic carbocycles. The van der Waals surface area contributed by atoms with E-state index < -0.39 is 10.0 Å². The Hall–Kier alpha value is -2.34.